The molecule has 0 radical (unpaired) electrons. The van der Waals surface area contributed by atoms with E-state index in [0.29, 0.717) is 37.6 Å². The van der Waals surface area contributed by atoms with Crippen LogP contribution in [-0.2, 0) is 4.74 Å². The molecule has 0 spiro atoms. The smallest absolute Gasteiger partial charge is 0.262 e. The zero-order chi connectivity index (χ0) is 19.4. The van der Waals surface area contributed by atoms with Crippen molar-refractivity contribution >= 4 is 23.2 Å². The summed E-state index contributed by atoms with van der Waals surface area (Å²) in [6.45, 7) is 2.21. The summed E-state index contributed by atoms with van der Waals surface area (Å²) in [5.74, 6) is -1.65. The molecule has 0 atom stereocenters. The van der Waals surface area contributed by atoms with Crippen molar-refractivity contribution in [2.24, 2.45) is 0 Å². The van der Waals surface area contributed by atoms with Crippen molar-refractivity contribution in [3.05, 3.63) is 69.5 Å². The molecule has 1 saturated heterocycles. The van der Waals surface area contributed by atoms with Crippen LogP contribution in [0.4, 0.5) is 15.8 Å². The van der Waals surface area contributed by atoms with Crippen LogP contribution in [0.3, 0.4) is 0 Å². The number of carbonyl (C=O) groups excluding carboxylic acids is 1. The van der Waals surface area contributed by atoms with Crippen molar-refractivity contribution in [3.63, 3.8) is 0 Å². The first-order valence-electron chi connectivity index (χ1n) is 8.26. The number of hydrogen-bond acceptors (Lipinski definition) is 6. The van der Waals surface area contributed by atoms with E-state index in [1.54, 1.807) is 6.07 Å². The van der Waals surface area contributed by atoms with Crippen LogP contribution in [0.5, 0.6) is 5.75 Å². The van der Waals surface area contributed by atoms with Crippen LogP contribution in [0.2, 0.25) is 0 Å². The van der Waals surface area contributed by atoms with Gasteiger partial charge in [0.2, 0.25) is 0 Å². The molecule has 0 N–H and O–H groups in total. The molecule has 3 rings (SSSR count). The lowest BCUT2D eigenvalue weighted by Gasteiger charge is -2.29. The van der Waals surface area contributed by atoms with Gasteiger partial charge in [-0.25, -0.2) is 4.39 Å². The van der Waals surface area contributed by atoms with Crippen LogP contribution in [-0.4, -0.2) is 37.0 Å². The molecule has 140 valence electrons. The van der Waals surface area contributed by atoms with Crippen LogP contribution < -0.4 is 10.0 Å². The molecular formula is C19H16FN2O5-. The Morgan fingerprint density at radius 3 is 2.59 bits per heavy atom. The fourth-order valence-corrected chi connectivity index (χ4v) is 2.77. The summed E-state index contributed by atoms with van der Waals surface area (Å²) in [6.07, 6.45) is 2.54. The van der Waals surface area contributed by atoms with Crippen molar-refractivity contribution in [2.75, 3.05) is 31.2 Å². The average molecular weight is 371 g/mol. The molecule has 0 unspecified atom stereocenters. The molecule has 8 heteroatoms. The third-order valence-corrected chi connectivity index (χ3v) is 4.19. The van der Waals surface area contributed by atoms with Crippen molar-refractivity contribution in [1.29, 1.82) is 0 Å². The van der Waals surface area contributed by atoms with Gasteiger partial charge in [-0.2, -0.15) is 0 Å². The second-order valence-corrected chi connectivity index (χ2v) is 5.95. The van der Waals surface area contributed by atoms with Crippen LogP contribution in [0, 0.1) is 15.9 Å². The van der Waals surface area contributed by atoms with Crippen LogP contribution in [0.1, 0.15) is 15.9 Å². The number of nitro benzene ring substituents is 1. The van der Waals surface area contributed by atoms with Gasteiger partial charge in [-0.15, -0.1) is 0 Å². The number of carbonyl (C=O) groups is 1. The Labute approximate surface area is 154 Å². The van der Waals surface area contributed by atoms with Gasteiger partial charge >= 0.3 is 0 Å². The van der Waals surface area contributed by atoms with Crippen LogP contribution in [0.25, 0.3) is 6.08 Å². The Kier molecular flexibility index (Phi) is 5.46. The maximum Gasteiger partial charge on any atom is 0.262 e. The van der Waals surface area contributed by atoms with E-state index in [1.165, 1.54) is 30.4 Å². The van der Waals surface area contributed by atoms with E-state index in [1.807, 2.05) is 4.90 Å². The summed E-state index contributed by atoms with van der Waals surface area (Å²) in [5, 5.41) is 22.2. The molecule has 0 aliphatic carbocycles. The lowest BCUT2D eigenvalue weighted by Crippen LogP contribution is -2.36. The maximum absolute atomic E-state index is 14.4. The van der Waals surface area contributed by atoms with Crippen molar-refractivity contribution < 1.29 is 24.0 Å². The van der Waals surface area contributed by atoms with Crippen molar-refractivity contribution in [1.82, 2.24) is 0 Å². The highest BCUT2D eigenvalue weighted by molar-refractivity contribution is 6.07. The van der Waals surface area contributed by atoms with Gasteiger partial charge in [0.15, 0.2) is 5.78 Å². The summed E-state index contributed by atoms with van der Waals surface area (Å²) in [4.78, 5) is 24.1. The summed E-state index contributed by atoms with van der Waals surface area (Å²) in [5.41, 5.74) is 0.349. The van der Waals surface area contributed by atoms with E-state index in [2.05, 4.69) is 0 Å². The van der Waals surface area contributed by atoms with E-state index < -0.39 is 28.0 Å². The highest BCUT2D eigenvalue weighted by Gasteiger charge is 2.16. The minimum atomic E-state index is -0.777. The predicted molar refractivity (Wildman–Crippen MR) is 95.3 cm³/mol. The minimum absolute atomic E-state index is 0.163. The predicted octanol–water partition coefficient (Wildman–Crippen LogP) is 2.54. The lowest BCUT2D eigenvalue weighted by atomic mass is 10.1. The molecule has 2 aromatic carbocycles. The van der Waals surface area contributed by atoms with Crippen LogP contribution in [0.15, 0.2) is 42.5 Å². The quantitative estimate of drug-likeness (QED) is 0.347. The topological polar surface area (TPSA) is 95.7 Å². The SMILES string of the molecule is O=C(/C=C/c1ccc([O-])c([N+](=O)[O-])c1)c1ccc(N2CCOCC2)c(F)c1. The number of nitro groups is 1. The zero-order valence-corrected chi connectivity index (χ0v) is 14.3. The van der Waals surface area contributed by atoms with Gasteiger partial charge in [-0.3, -0.25) is 14.9 Å². The molecule has 0 amide bonds. The second-order valence-electron chi connectivity index (χ2n) is 5.95. The fourth-order valence-electron chi connectivity index (χ4n) is 2.77. The first kappa shape index (κ1) is 18.5. The normalized spacial score (nSPS) is 14.5. The second kappa shape index (κ2) is 7.96. The number of hydrogen-bond donors (Lipinski definition) is 0. The average Bonchev–Trinajstić information content (AvgIpc) is 2.67. The molecule has 1 aliphatic rings. The number of benzene rings is 2. The fraction of sp³-hybridized carbons (Fsp3) is 0.211. The number of halogens is 1. The van der Waals surface area contributed by atoms with Gasteiger partial charge in [-0.05, 0) is 35.6 Å². The molecule has 1 fully saturated rings. The van der Waals surface area contributed by atoms with E-state index in [9.17, 15) is 24.4 Å². The lowest BCUT2D eigenvalue weighted by molar-refractivity contribution is -0.398. The van der Waals surface area contributed by atoms with E-state index in [4.69, 9.17) is 4.74 Å². The first-order valence-corrected chi connectivity index (χ1v) is 8.26. The number of nitrogens with zero attached hydrogens (tertiary/aromatic N) is 2. The highest BCUT2D eigenvalue weighted by Crippen LogP contribution is 2.25. The molecule has 0 aromatic heterocycles. The maximum atomic E-state index is 14.4. The van der Waals surface area contributed by atoms with E-state index in [0.717, 1.165) is 12.1 Å². The molecule has 0 saturated carbocycles. The molecule has 0 bridgehead atoms. The van der Waals surface area contributed by atoms with Gasteiger partial charge in [0.05, 0.1) is 23.8 Å². The summed E-state index contributed by atoms with van der Waals surface area (Å²) in [6, 6.07) is 7.79. The molecular weight excluding hydrogens is 355 g/mol. The van der Waals surface area contributed by atoms with Crippen LogP contribution >= 0.6 is 0 Å². The Morgan fingerprint density at radius 2 is 1.93 bits per heavy atom. The van der Waals surface area contributed by atoms with Gasteiger partial charge in [-0.1, -0.05) is 18.2 Å². The summed E-state index contributed by atoms with van der Waals surface area (Å²) >= 11 is 0. The Balaban J connectivity index is 1.76. The van der Waals surface area contributed by atoms with Gasteiger partial charge in [0.25, 0.3) is 5.69 Å². The Morgan fingerprint density at radius 1 is 1.19 bits per heavy atom. The monoisotopic (exact) mass is 371 g/mol. The largest absolute Gasteiger partial charge is 0.868 e. The number of anilines is 1. The standard InChI is InChI=1S/C19H17FN2O5/c20-15-12-14(3-4-16(15)21-7-9-27-10-8-21)18(23)5-1-13-2-6-19(24)17(11-13)22(25)26/h1-6,11-12,24H,7-10H2/p-1/b5-1+. The third-order valence-electron chi connectivity index (χ3n) is 4.19. The summed E-state index contributed by atoms with van der Waals surface area (Å²) in [7, 11) is 0. The van der Waals surface area contributed by atoms with Gasteiger partial charge in [0, 0.05) is 24.7 Å². The number of ketones is 1. The number of ether oxygens (including phenoxy) is 1. The first-order chi connectivity index (χ1) is 13.0. The van der Waals surface area contributed by atoms with Crippen molar-refractivity contribution in [3.8, 4) is 5.75 Å². The minimum Gasteiger partial charge on any atom is -0.868 e. The third kappa shape index (κ3) is 4.29. The Hall–Kier alpha value is -3.26. The Bertz CT molecular complexity index is 907. The zero-order valence-electron chi connectivity index (χ0n) is 14.3. The molecule has 7 nitrogen and oxygen atoms in total. The number of morpholine rings is 1. The van der Waals surface area contributed by atoms with Crippen molar-refractivity contribution in [2.45, 2.75) is 0 Å². The highest BCUT2D eigenvalue weighted by atomic mass is 19.1. The van der Waals surface area contributed by atoms with Gasteiger partial charge < -0.3 is 14.7 Å². The number of allylic oxidation sites excluding steroid dienone is 1. The van der Waals surface area contributed by atoms with E-state index >= 15 is 0 Å². The van der Waals surface area contributed by atoms with E-state index in [-0.39, 0.29) is 5.56 Å². The molecule has 27 heavy (non-hydrogen) atoms. The van der Waals surface area contributed by atoms with Gasteiger partial charge in [0.1, 0.15) is 5.82 Å². The summed E-state index contributed by atoms with van der Waals surface area (Å²) < 4.78 is 19.6. The molecule has 1 aliphatic heterocycles. The molecule has 2 aromatic rings. The molecule has 1 heterocycles. The number of rotatable bonds is 5.